The maximum atomic E-state index is 12.5. The van der Waals surface area contributed by atoms with Crippen molar-refractivity contribution >= 4 is 17.4 Å². The van der Waals surface area contributed by atoms with E-state index in [-0.39, 0.29) is 23.0 Å². The van der Waals surface area contributed by atoms with Crippen molar-refractivity contribution in [1.82, 2.24) is 20.0 Å². The molecule has 184 valence electrons. The van der Waals surface area contributed by atoms with Gasteiger partial charge in [0.05, 0.1) is 12.1 Å². The first-order chi connectivity index (χ1) is 16.2. The van der Waals surface area contributed by atoms with Gasteiger partial charge in [-0.3, -0.25) is 4.79 Å². The van der Waals surface area contributed by atoms with Crippen molar-refractivity contribution in [3.8, 4) is 5.88 Å². The number of nitrogens with one attached hydrogen (secondary N) is 2. The highest BCUT2D eigenvalue weighted by atomic mass is 32.1. The van der Waals surface area contributed by atoms with Crippen molar-refractivity contribution in [3.05, 3.63) is 53.2 Å². The molecule has 4 rings (SSSR count). The molecule has 0 unspecified atom stereocenters. The van der Waals surface area contributed by atoms with E-state index in [1.54, 1.807) is 18.3 Å². The van der Waals surface area contributed by atoms with Gasteiger partial charge in [0.25, 0.3) is 5.91 Å². The molecule has 0 bridgehead atoms. The smallest absolute Gasteiger partial charge is 0.263 e. The van der Waals surface area contributed by atoms with E-state index >= 15 is 0 Å². The molecular weight excluding hydrogens is 448 g/mol. The second-order valence-corrected chi connectivity index (χ2v) is 11.7. The van der Waals surface area contributed by atoms with E-state index in [0.29, 0.717) is 23.7 Å². The second kappa shape index (κ2) is 10.1. The Bertz CT molecular complexity index is 998. The van der Waals surface area contributed by atoms with Crippen LogP contribution in [0.25, 0.3) is 0 Å². The molecule has 3 N–H and O–H groups in total. The molecule has 0 saturated heterocycles. The molecule has 2 aromatic heterocycles. The third-order valence-electron chi connectivity index (χ3n) is 6.64. The Hall–Kier alpha value is -2.29. The van der Waals surface area contributed by atoms with Gasteiger partial charge in [-0.05, 0) is 66.7 Å². The summed E-state index contributed by atoms with van der Waals surface area (Å²) in [5.41, 5.74) is 2.25. The Morgan fingerprint density at radius 2 is 2.24 bits per heavy atom. The number of pyridine rings is 1. The minimum Gasteiger partial charge on any atom is -0.471 e. The highest BCUT2D eigenvalue weighted by Gasteiger charge is 2.46. The molecule has 1 spiro atoms. The molecule has 7 nitrogen and oxygen atoms in total. The maximum Gasteiger partial charge on any atom is 0.263 e. The minimum absolute atomic E-state index is 0.0349. The molecule has 2 aliphatic rings. The fourth-order valence-corrected chi connectivity index (χ4v) is 5.32. The van der Waals surface area contributed by atoms with Gasteiger partial charge in [-0.15, -0.1) is 6.58 Å². The van der Waals surface area contributed by atoms with Crippen LogP contribution in [0.2, 0.25) is 0 Å². The number of aliphatic hydroxyl groups excluding tert-OH is 1. The quantitative estimate of drug-likeness (QED) is 0.462. The molecule has 1 aliphatic heterocycles. The second-order valence-electron chi connectivity index (χ2n) is 10.8. The SMILES string of the molecule is C=CC[C@H](NC(=O)c1ccns1)[C@H](O)CN[C@H]1CC2(CCC2)Oc2ncc(CC(C)(C)C)cc21. The van der Waals surface area contributed by atoms with Crippen molar-refractivity contribution in [3.63, 3.8) is 0 Å². The van der Waals surface area contributed by atoms with Crippen LogP contribution in [0.15, 0.2) is 37.2 Å². The lowest BCUT2D eigenvalue weighted by atomic mass is 9.73. The number of fused-ring (bicyclic) bond motifs is 1. The minimum atomic E-state index is -0.774. The Labute approximate surface area is 206 Å². The Kier molecular flexibility index (Phi) is 7.40. The van der Waals surface area contributed by atoms with Crippen molar-refractivity contribution in [1.29, 1.82) is 0 Å². The molecular formula is C26H36N4O3S. The maximum absolute atomic E-state index is 12.5. The fraction of sp³-hybridized carbons (Fsp3) is 0.577. The van der Waals surface area contributed by atoms with E-state index in [2.05, 4.69) is 48.4 Å². The molecule has 0 radical (unpaired) electrons. The summed E-state index contributed by atoms with van der Waals surface area (Å²) in [6.07, 6.45) is 9.96. The molecule has 0 aromatic carbocycles. The molecule has 2 aromatic rings. The molecule has 3 atom stereocenters. The Morgan fingerprint density at radius 1 is 1.44 bits per heavy atom. The monoisotopic (exact) mass is 484 g/mol. The van der Waals surface area contributed by atoms with Gasteiger partial charge in [0.1, 0.15) is 10.5 Å². The van der Waals surface area contributed by atoms with Gasteiger partial charge in [-0.1, -0.05) is 26.8 Å². The molecule has 1 saturated carbocycles. The number of aliphatic hydroxyl groups is 1. The summed E-state index contributed by atoms with van der Waals surface area (Å²) in [7, 11) is 0. The number of amides is 1. The largest absolute Gasteiger partial charge is 0.471 e. The number of nitrogens with zero attached hydrogens (tertiary/aromatic N) is 2. The highest BCUT2D eigenvalue weighted by molar-refractivity contribution is 7.08. The zero-order valence-electron chi connectivity index (χ0n) is 20.3. The lowest BCUT2D eigenvalue weighted by Crippen LogP contribution is -2.52. The van der Waals surface area contributed by atoms with Gasteiger partial charge >= 0.3 is 0 Å². The first kappa shape index (κ1) is 24.8. The molecule has 1 aliphatic carbocycles. The number of ether oxygens (including phenoxy) is 1. The number of carbonyl (C=O) groups is 1. The van der Waals surface area contributed by atoms with Gasteiger partial charge in [-0.2, -0.15) is 0 Å². The number of hydrogen-bond acceptors (Lipinski definition) is 7. The zero-order valence-corrected chi connectivity index (χ0v) is 21.2. The van der Waals surface area contributed by atoms with Crippen LogP contribution in [0.5, 0.6) is 5.88 Å². The average molecular weight is 485 g/mol. The van der Waals surface area contributed by atoms with E-state index in [1.165, 1.54) is 5.56 Å². The van der Waals surface area contributed by atoms with Crippen LogP contribution < -0.4 is 15.4 Å². The van der Waals surface area contributed by atoms with Gasteiger partial charge in [0, 0.05) is 37.0 Å². The molecule has 34 heavy (non-hydrogen) atoms. The van der Waals surface area contributed by atoms with Crippen molar-refractivity contribution in [2.45, 2.75) is 83.1 Å². The summed E-state index contributed by atoms with van der Waals surface area (Å²) in [5, 5.41) is 17.5. The van der Waals surface area contributed by atoms with Crippen LogP contribution in [-0.4, -0.2) is 44.7 Å². The first-order valence-electron chi connectivity index (χ1n) is 12.1. The van der Waals surface area contributed by atoms with Crippen LogP contribution in [0.1, 0.15) is 79.7 Å². The molecule has 3 heterocycles. The summed E-state index contributed by atoms with van der Waals surface area (Å²) in [6.45, 7) is 10.8. The fourth-order valence-electron chi connectivity index (χ4n) is 4.82. The van der Waals surface area contributed by atoms with Crippen molar-refractivity contribution < 1.29 is 14.6 Å². The van der Waals surface area contributed by atoms with Crippen LogP contribution in [0, 0.1) is 5.41 Å². The van der Waals surface area contributed by atoms with Crippen LogP contribution >= 0.6 is 11.5 Å². The van der Waals surface area contributed by atoms with Gasteiger partial charge < -0.3 is 20.5 Å². The number of aromatic nitrogens is 2. The summed E-state index contributed by atoms with van der Waals surface area (Å²) in [6, 6.07) is 3.47. The van der Waals surface area contributed by atoms with E-state index in [1.807, 2.05) is 6.20 Å². The van der Waals surface area contributed by atoms with Crippen molar-refractivity contribution in [2.75, 3.05) is 6.54 Å². The lowest BCUT2D eigenvalue weighted by molar-refractivity contribution is -0.0420. The Morgan fingerprint density at radius 3 is 2.85 bits per heavy atom. The standard InChI is InChI=1S/C26H36N4O3S/c1-5-7-19(30-23(32)22-8-11-29-34-22)21(31)16-27-20-14-26(9-6-10-26)33-24-18(20)12-17(15-28-24)13-25(2,3)4/h5,8,11-12,15,19-21,27,31H,1,6-7,9-10,13-14,16H2,2-4H3,(H,30,32)/t19-,20-,21+/m0/s1. The van der Waals surface area contributed by atoms with Gasteiger partial charge in [-0.25, -0.2) is 9.36 Å². The third kappa shape index (κ3) is 5.85. The van der Waals surface area contributed by atoms with Crippen molar-refractivity contribution in [2.24, 2.45) is 5.41 Å². The predicted octanol–water partition coefficient (Wildman–Crippen LogP) is 4.20. The summed E-state index contributed by atoms with van der Waals surface area (Å²) in [5.74, 6) is 0.478. The molecule has 8 heteroatoms. The number of rotatable bonds is 9. The highest BCUT2D eigenvalue weighted by Crippen LogP contribution is 2.48. The molecule has 1 amide bonds. The van der Waals surface area contributed by atoms with Gasteiger partial charge in [0.2, 0.25) is 5.88 Å². The van der Waals surface area contributed by atoms with Gasteiger partial charge in [0.15, 0.2) is 0 Å². The number of hydrogen-bond donors (Lipinski definition) is 3. The van der Waals surface area contributed by atoms with E-state index in [9.17, 15) is 9.90 Å². The summed E-state index contributed by atoms with van der Waals surface area (Å²) < 4.78 is 10.4. The third-order valence-corrected chi connectivity index (χ3v) is 7.38. The average Bonchev–Trinajstić information content (AvgIpc) is 3.30. The lowest BCUT2D eigenvalue weighted by Gasteiger charge is -2.47. The summed E-state index contributed by atoms with van der Waals surface area (Å²) >= 11 is 1.14. The van der Waals surface area contributed by atoms with Crippen LogP contribution in [-0.2, 0) is 6.42 Å². The van der Waals surface area contributed by atoms with Crippen LogP contribution in [0.3, 0.4) is 0 Å². The van der Waals surface area contributed by atoms with E-state index in [4.69, 9.17) is 9.72 Å². The normalized spacial score (nSPS) is 20.5. The van der Waals surface area contributed by atoms with E-state index < -0.39 is 12.1 Å². The Balaban J connectivity index is 1.47. The predicted molar refractivity (Wildman–Crippen MR) is 134 cm³/mol. The molecule has 1 fully saturated rings. The first-order valence-corrected chi connectivity index (χ1v) is 12.9. The topological polar surface area (TPSA) is 96.4 Å². The summed E-state index contributed by atoms with van der Waals surface area (Å²) in [4.78, 5) is 17.7. The van der Waals surface area contributed by atoms with E-state index in [0.717, 1.165) is 49.2 Å². The number of carbonyl (C=O) groups excluding carboxylic acids is 1. The van der Waals surface area contributed by atoms with Crippen LogP contribution in [0.4, 0.5) is 0 Å². The zero-order chi connectivity index (χ0) is 24.3.